The number of halogens is 2. The fourth-order valence-corrected chi connectivity index (χ4v) is 2.80. The summed E-state index contributed by atoms with van der Waals surface area (Å²) in [5.74, 6) is 0. The Morgan fingerprint density at radius 3 is 2.80 bits per heavy atom. The lowest BCUT2D eigenvalue weighted by atomic mass is 10.1. The topological polar surface area (TPSA) is 0 Å². The molecule has 0 saturated carbocycles. The highest BCUT2D eigenvalue weighted by atomic mass is 79.9. The van der Waals surface area contributed by atoms with Gasteiger partial charge in [0, 0.05) is 15.9 Å². The van der Waals surface area contributed by atoms with Crippen LogP contribution < -0.4 is 0 Å². The first-order chi connectivity index (χ1) is 7.25. The average molecular weight is 280 g/mol. The molecule has 3 rings (SSSR count). The molecule has 0 spiro atoms. The second-order valence-electron chi connectivity index (χ2n) is 3.74. The van der Waals surface area contributed by atoms with Gasteiger partial charge in [-0.15, -0.1) is 0 Å². The molecule has 15 heavy (non-hydrogen) atoms. The predicted octanol–water partition coefficient (Wildman–Crippen LogP) is 4.67. The van der Waals surface area contributed by atoms with Gasteiger partial charge in [-0.2, -0.15) is 0 Å². The zero-order valence-corrected chi connectivity index (χ0v) is 10.3. The van der Waals surface area contributed by atoms with Gasteiger partial charge < -0.3 is 0 Å². The summed E-state index contributed by atoms with van der Waals surface area (Å²) >= 11 is 9.68. The number of fused-ring (bicyclic) bond motifs is 3. The van der Waals surface area contributed by atoms with Crippen LogP contribution in [0.25, 0.3) is 11.1 Å². The van der Waals surface area contributed by atoms with Crippen LogP contribution in [0.5, 0.6) is 0 Å². The first-order valence-corrected chi connectivity index (χ1v) is 5.99. The summed E-state index contributed by atoms with van der Waals surface area (Å²) in [5, 5.41) is 0.875. The van der Waals surface area contributed by atoms with Gasteiger partial charge >= 0.3 is 0 Å². The van der Waals surface area contributed by atoms with E-state index in [1.54, 1.807) is 0 Å². The molecule has 2 aromatic rings. The lowest BCUT2D eigenvalue weighted by molar-refractivity contribution is 1.26. The van der Waals surface area contributed by atoms with E-state index in [4.69, 9.17) is 11.6 Å². The van der Waals surface area contributed by atoms with E-state index >= 15 is 0 Å². The third-order valence-corrected chi connectivity index (χ3v) is 3.69. The van der Waals surface area contributed by atoms with Crippen molar-refractivity contribution in [2.75, 3.05) is 0 Å². The Hall–Kier alpha value is -0.790. The average Bonchev–Trinajstić information content (AvgIpc) is 2.57. The van der Waals surface area contributed by atoms with Crippen molar-refractivity contribution >= 4 is 27.5 Å². The molecule has 0 saturated heterocycles. The summed E-state index contributed by atoms with van der Waals surface area (Å²) in [7, 11) is 0. The fraction of sp³-hybridized carbons (Fsp3) is 0.0769. The van der Waals surface area contributed by atoms with Crippen molar-refractivity contribution in [1.82, 2.24) is 0 Å². The van der Waals surface area contributed by atoms with Crippen molar-refractivity contribution in [2.24, 2.45) is 0 Å². The predicted molar refractivity (Wildman–Crippen MR) is 67.4 cm³/mol. The quantitative estimate of drug-likeness (QED) is 0.561. The summed E-state index contributed by atoms with van der Waals surface area (Å²) in [4.78, 5) is 0. The molecule has 0 amide bonds. The lowest BCUT2D eigenvalue weighted by Gasteiger charge is -2.01. The minimum atomic E-state index is 0.875. The van der Waals surface area contributed by atoms with Crippen molar-refractivity contribution in [1.29, 1.82) is 0 Å². The van der Waals surface area contributed by atoms with Crippen LogP contribution in [0.15, 0.2) is 40.9 Å². The van der Waals surface area contributed by atoms with Gasteiger partial charge in [-0.05, 0) is 40.5 Å². The van der Waals surface area contributed by atoms with Crippen LogP contribution >= 0.6 is 27.5 Å². The van der Waals surface area contributed by atoms with Gasteiger partial charge in [0.05, 0.1) is 0 Å². The minimum absolute atomic E-state index is 0.875. The molecule has 0 bridgehead atoms. The Bertz CT molecular complexity index is 546. The molecule has 74 valence electrons. The molecule has 0 N–H and O–H groups in total. The maximum Gasteiger partial charge on any atom is 0.0447 e. The highest BCUT2D eigenvalue weighted by Gasteiger charge is 2.19. The number of benzene rings is 2. The van der Waals surface area contributed by atoms with Crippen molar-refractivity contribution in [3.63, 3.8) is 0 Å². The van der Waals surface area contributed by atoms with Crippen LogP contribution in [0.1, 0.15) is 11.1 Å². The Morgan fingerprint density at radius 1 is 1.07 bits per heavy atom. The van der Waals surface area contributed by atoms with Crippen molar-refractivity contribution in [2.45, 2.75) is 6.42 Å². The van der Waals surface area contributed by atoms with E-state index in [9.17, 15) is 0 Å². The third-order valence-electron chi connectivity index (χ3n) is 2.84. The maximum absolute atomic E-state index is 6.19. The Balaban J connectivity index is 2.28. The summed E-state index contributed by atoms with van der Waals surface area (Å²) in [6.45, 7) is 0. The molecule has 0 unspecified atom stereocenters. The number of rotatable bonds is 0. The lowest BCUT2D eigenvalue weighted by Crippen LogP contribution is -1.81. The van der Waals surface area contributed by atoms with Crippen LogP contribution in [0, 0.1) is 0 Å². The minimum Gasteiger partial charge on any atom is -0.0840 e. The van der Waals surface area contributed by atoms with Crippen LogP contribution in [0.4, 0.5) is 0 Å². The zero-order chi connectivity index (χ0) is 10.4. The standard InChI is InChI=1S/C13H8BrCl/c14-9-4-5-10-8(6-9)7-12-11(10)2-1-3-13(12)15/h1-6H,7H2. The van der Waals surface area contributed by atoms with Gasteiger partial charge in [0.25, 0.3) is 0 Å². The van der Waals surface area contributed by atoms with Crippen molar-refractivity contribution in [3.05, 3.63) is 57.0 Å². The molecule has 2 heteroatoms. The van der Waals surface area contributed by atoms with Gasteiger partial charge in [0.2, 0.25) is 0 Å². The first-order valence-electron chi connectivity index (χ1n) is 4.82. The fourth-order valence-electron chi connectivity index (χ4n) is 2.15. The molecule has 0 heterocycles. The highest BCUT2D eigenvalue weighted by molar-refractivity contribution is 9.10. The molecule has 0 atom stereocenters. The van der Waals surface area contributed by atoms with Crippen molar-refractivity contribution < 1.29 is 0 Å². The summed E-state index contributed by atoms with van der Waals surface area (Å²) in [6, 6.07) is 12.5. The van der Waals surface area contributed by atoms with Gasteiger partial charge in [-0.3, -0.25) is 0 Å². The van der Waals surface area contributed by atoms with E-state index in [-0.39, 0.29) is 0 Å². The summed E-state index contributed by atoms with van der Waals surface area (Å²) < 4.78 is 1.13. The second-order valence-corrected chi connectivity index (χ2v) is 5.07. The molecule has 0 nitrogen and oxygen atoms in total. The van der Waals surface area contributed by atoms with E-state index in [0.717, 1.165) is 15.9 Å². The van der Waals surface area contributed by atoms with Crippen LogP contribution in [0.3, 0.4) is 0 Å². The normalized spacial score (nSPS) is 12.4. The van der Waals surface area contributed by atoms with E-state index in [1.165, 1.54) is 22.3 Å². The molecule has 0 fully saturated rings. The monoisotopic (exact) mass is 278 g/mol. The molecular formula is C13H8BrCl. The van der Waals surface area contributed by atoms with E-state index in [2.05, 4.69) is 40.2 Å². The smallest absolute Gasteiger partial charge is 0.0447 e. The molecule has 0 aliphatic heterocycles. The van der Waals surface area contributed by atoms with E-state index in [1.807, 2.05) is 12.1 Å². The van der Waals surface area contributed by atoms with Crippen molar-refractivity contribution in [3.8, 4) is 11.1 Å². The SMILES string of the molecule is Clc1cccc2c1Cc1cc(Br)ccc1-2. The van der Waals surface area contributed by atoms with Gasteiger partial charge in [-0.1, -0.05) is 45.7 Å². The van der Waals surface area contributed by atoms with Crippen LogP contribution in [-0.2, 0) is 6.42 Å². The summed E-state index contributed by atoms with van der Waals surface area (Å²) in [5.41, 5.74) is 5.21. The Morgan fingerprint density at radius 2 is 1.93 bits per heavy atom. The molecule has 1 aliphatic rings. The second kappa shape index (κ2) is 3.36. The molecule has 0 radical (unpaired) electrons. The highest BCUT2D eigenvalue weighted by Crippen LogP contribution is 2.40. The summed E-state index contributed by atoms with van der Waals surface area (Å²) in [6.07, 6.45) is 0.948. The first kappa shape index (κ1) is 9.44. The van der Waals surface area contributed by atoms with Gasteiger partial charge in [0.1, 0.15) is 0 Å². The molecule has 0 aromatic heterocycles. The van der Waals surface area contributed by atoms with E-state index in [0.29, 0.717) is 0 Å². The number of hydrogen-bond donors (Lipinski definition) is 0. The number of hydrogen-bond acceptors (Lipinski definition) is 0. The molecule has 1 aliphatic carbocycles. The maximum atomic E-state index is 6.19. The Kier molecular flexibility index (Phi) is 2.11. The Labute approximate surface area is 102 Å². The van der Waals surface area contributed by atoms with Gasteiger partial charge in [0.15, 0.2) is 0 Å². The zero-order valence-electron chi connectivity index (χ0n) is 7.93. The van der Waals surface area contributed by atoms with Gasteiger partial charge in [-0.25, -0.2) is 0 Å². The molecular weight excluding hydrogens is 272 g/mol. The van der Waals surface area contributed by atoms with E-state index < -0.39 is 0 Å². The third kappa shape index (κ3) is 1.42. The molecule has 2 aromatic carbocycles. The van der Waals surface area contributed by atoms with Crippen LogP contribution in [-0.4, -0.2) is 0 Å². The van der Waals surface area contributed by atoms with Crippen LogP contribution in [0.2, 0.25) is 5.02 Å². The largest absolute Gasteiger partial charge is 0.0840 e.